The zero-order valence-corrected chi connectivity index (χ0v) is 17.6. The first-order chi connectivity index (χ1) is 14.6. The average molecular weight is 409 g/mol. The van der Waals surface area contributed by atoms with Crippen LogP contribution in [0.2, 0.25) is 0 Å². The largest absolute Gasteiger partial charge is 0.439 e. The SMILES string of the molecule is Cc1ncnc(N2CCN(Cc3nc4ccc(N5CC[C@H](O)C5)cc4o3)CC2)c1C. The van der Waals surface area contributed by atoms with Gasteiger partial charge in [-0.15, -0.1) is 0 Å². The van der Waals surface area contributed by atoms with Crippen molar-refractivity contribution in [2.75, 3.05) is 49.1 Å². The van der Waals surface area contributed by atoms with Crippen molar-refractivity contribution in [1.82, 2.24) is 19.9 Å². The van der Waals surface area contributed by atoms with Crippen molar-refractivity contribution in [1.29, 1.82) is 0 Å². The van der Waals surface area contributed by atoms with Crippen molar-refractivity contribution < 1.29 is 9.52 Å². The number of nitrogens with zero attached hydrogens (tertiary/aromatic N) is 6. The van der Waals surface area contributed by atoms with Gasteiger partial charge in [-0.2, -0.15) is 0 Å². The van der Waals surface area contributed by atoms with Crippen molar-refractivity contribution >= 4 is 22.6 Å². The van der Waals surface area contributed by atoms with Crippen molar-refractivity contribution in [2.45, 2.75) is 32.9 Å². The predicted octanol–water partition coefficient (Wildman–Crippen LogP) is 2.13. The average Bonchev–Trinajstić information content (AvgIpc) is 3.35. The fourth-order valence-electron chi connectivity index (χ4n) is 4.36. The van der Waals surface area contributed by atoms with Gasteiger partial charge >= 0.3 is 0 Å². The Morgan fingerprint density at radius 2 is 1.90 bits per heavy atom. The number of hydrogen-bond acceptors (Lipinski definition) is 8. The first-order valence-corrected chi connectivity index (χ1v) is 10.6. The molecule has 0 radical (unpaired) electrons. The molecule has 1 atom stereocenters. The van der Waals surface area contributed by atoms with E-state index in [1.807, 2.05) is 19.1 Å². The summed E-state index contributed by atoms with van der Waals surface area (Å²) < 4.78 is 6.07. The van der Waals surface area contributed by atoms with Crippen LogP contribution in [0.15, 0.2) is 28.9 Å². The van der Waals surface area contributed by atoms with E-state index < -0.39 is 0 Å². The van der Waals surface area contributed by atoms with Gasteiger partial charge in [0.25, 0.3) is 0 Å². The molecular weight excluding hydrogens is 380 g/mol. The molecule has 2 aliphatic heterocycles. The van der Waals surface area contributed by atoms with Gasteiger partial charge in [0.1, 0.15) is 17.7 Å². The maximum absolute atomic E-state index is 9.79. The number of hydrogen-bond donors (Lipinski definition) is 1. The molecule has 5 rings (SSSR count). The van der Waals surface area contributed by atoms with Crippen LogP contribution in [-0.2, 0) is 6.54 Å². The van der Waals surface area contributed by atoms with E-state index in [4.69, 9.17) is 4.42 Å². The van der Waals surface area contributed by atoms with Crippen LogP contribution in [0.25, 0.3) is 11.1 Å². The van der Waals surface area contributed by atoms with Gasteiger partial charge in [0.2, 0.25) is 5.89 Å². The molecule has 0 bridgehead atoms. The first-order valence-electron chi connectivity index (χ1n) is 10.6. The fourth-order valence-corrected chi connectivity index (χ4v) is 4.36. The highest BCUT2D eigenvalue weighted by atomic mass is 16.3. The number of benzene rings is 1. The van der Waals surface area contributed by atoms with Gasteiger partial charge in [-0.25, -0.2) is 15.0 Å². The highest BCUT2D eigenvalue weighted by Gasteiger charge is 2.23. The number of rotatable bonds is 4. The Hall–Kier alpha value is -2.71. The summed E-state index contributed by atoms with van der Waals surface area (Å²) in [5.41, 5.74) is 4.99. The lowest BCUT2D eigenvalue weighted by molar-refractivity contribution is 0.198. The normalized spacial score (nSPS) is 20.4. The van der Waals surface area contributed by atoms with Crippen LogP contribution in [0.1, 0.15) is 23.6 Å². The molecule has 3 aromatic rings. The minimum Gasteiger partial charge on any atom is -0.439 e. The van der Waals surface area contributed by atoms with Gasteiger partial charge in [-0.1, -0.05) is 0 Å². The smallest absolute Gasteiger partial charge is 0.209 e. The molecule has 2 aromatic heterocycles. The number of fused-ring (bicyclic) bond motifs is 1. The second-order valence-corrected chi connectivity index (χ2v) is 8.32. The third-order valence-electron chi connectivity index (χ3n) is 6.29. The zero-order chi connectivity index (χ0) is 20.7. The van der Waals surface area contributed by atoms with Gasteiger partial charge in [-0.3, -0.25) is 4.90 Å². The van der Waals surface area contributed by atoms with E-state index in [-0.39, 0.29) is 6.10 Å². The third kappa shape index (κ3) is 3.73. The van der Waals surface area contributed by atoms with Gasteiger partial charge in [0, 0.05) is 62.3 Å². The Kier molecular flexibility index (Phi) is 5.04. The van der Waals surface area contributed by atoms with Gasteiger partial charge < -0.3 is 19.3 Å². The maximum Gasteiger partial charge on any atom is 0.209 e. The summed E-state index contributed by atoms with van der Waals surface area (Å²) in [6.07, 6.45) is 2.24. The van der Waals surface area contributed by atoms with Gasteiger partial charge in [0.15, 0.2) is 5.58 Å². The Labute approximate surface area is 176 Å². The molecule has 1 aromatic carbocycles. The molecule has 0 unspecified atom stereocenters. The van der Waals surface area contributed by atoms with E-state index in [0.29, 0.717) is 13.1 Å². The molecule has 30 heavy (non-hydrogen) atoms. The Bertz CT molecular complexity index is 1040. The highest BCUT2D eigenvalue weighted by molar-refractivity contribution is 5.77. The monoisotopic (exact) mass is 408 g/mol. The van der Waals surface area contributed by atoms with Crippen LogP contribution in [-0.4, -0.2) is 70.3 Å². The lowest BCUT2D eigenvalue weighted by atomic mass is 10.2. The Morgan fingerprint density at radius 3 is 2.67 bits per heavy atom. The Morgan fingerprint density at radius 1 is 1.07 bits per heavy atom. The Balaban J connectivity index is 1.24. The summed E-state index contributed by atoms with van der Waals surface area (Å²) in [7, 11) is 0. The number of anilines is 2. The number of β-amino-alcohol motifs (C(OH)–C–C–N with tert-alkyl or cyclic N) is 1. The summed E-state index contributed by atoms with van der Waals surface area (Å²) >= 11 is 0. The van der Waals surface area contributed by atoms with Crippen molar-refractivity contribution in [2.24, 2.45) is 0 Å². The summed E-state index contributed by atoms with van der Waals surface area (Å²) in [6, 6.07) is 6.13. The minimum absolute atomic E-state index is 0.236. The quantitative estimate of drug-likeness (QED) is 0.703. The number of oxazole rings is 1. The van der Waals surface area contributed by atoms with Crippen LogP contribution in [0.3, 0.4) is 0 Å². The van der Waals surface area contributed by atoms with Crippen molar-refractivity contribution in [3.8, 4) is 0 Å². The number of aromatic nitrogens is 3. The fraction of sp³-hybridized carbons (Fsp3) is 0.500. The van der Waals surface area contributed by atoms with E-state index in [1.165, 1.54) is 0 Å². The van der Waals surface area contributed by atoms with Crippen LogP contribution >= 0.6 is 0 Å². The summed E-state index contributed by atoms with van der Waals surface area (Å²) in [4.78, 5) is 20.4. The molecule has 2 fully saturated rings. The summed E-state index contributed by atoms with van der Waals surface area (Å²) in [5, 5.41) is 9.79. The van der Waals surface area contributed by atoms with Crippen LogP contribution in [0.5, 0.6) is 0 Å². The molecule has 158 valence electrons. The van der Waals surface area contributed by atoms with Gasteiger partial charge in [0.05, 0.1) is 12.6 Å². The topological polar surface area (TPSA) is 81.8 Å². The van der Waals surface area contributed by atoms with E-state index in [1.54, 1.807) is 6.33 Å². The van der Waals surface area contributed by atoms with Crippen LogP contribution in [0.4, 0.5) is 11.5 Å². The number of aryl methyl sites for hydroxylation is 1. The van der Waals surface area contributed by atoms with Crippen molar-refractivity contribution in [3.63, 3.8) is 0 Å². The molecule has 1 N–H and O–H groups in total. The van der Waals surface area contributed by atoms with Crippen LogP contribution < -0.4 is 9.80 Å². The summed E-state index contributed by atoms with van der Waals surface area (Å²) in [5.74, 6) is 1.80. The molecule has 8 nitrogen and oxygen atoms in total. The molecule has 4 heterocycles. The highest BCUT2D eigenvalue weighted by Crippen LogP contribution is 2.26. The number of aliphatic hydroxyl groups is 1. The second kappa shape index (κ2) is 7.85. The zero-order valence-electron chi connectivity index (χ0n) is 17.6. The summed E-state index contributed by atoms with van der Waals surface area (Å²) in [6.45, 7) is 10.1. The lowest BCUT2D eigenvalue weighted by Crippen LogP contribution is -2.46. The number of aliphatic hydroxyl groups excluding tert-OH is 1. The molecule has 0 saturated carbocycles. The molecular formula is C22H28N6O2. The van der Waals surface area contributed by atoms with Gasteiger partial charge in [-0.05, 0) is 32.4 Å². The molecule has 0 spiro atoms. The molecule has 2 aliphatic rings. The maximum atomic E-state index is 9.79. The minimum atomic E-state index is -0.236. The molecule has 0 aliphatic carbocycles. The molecule has 2 saturated heterocycles. The van der Waals surface area contributed by atoms with E-state index >= 15 is 0 Å². The third-order valence-corrected chi connectivity index (χ3v) is 6.29. The second-order valence-electron chi connectivity index (χ2n) is 8.32. The molecule has 8 heteroatoms. The van der Waals surface area contributed by atoms with E-state index in [0.717, 1.165) is 78.9 Å². The van der Waals surface area contributed by atoms with Crippen molar-refractivity contribution in [3.05, 3.63) is 41.7 Å². The van der Waals surface area contributed by atoms with E-state index in [2.05, 4.69) is 42.6 Å². The number of piperazine rings is 1. The predicted molar refractivity (Wildman–Crippen MR) is 116 cm³/mol. The first kappa shape index (κ1) is 19.3. The molecule has 0 amide bonds. The van der Waals surface area contributed by atoms with Crippen LogP contribution in [0, 0.1) is 13.8 Å². The lowest BCUT2D eigenvalue weighted by Gasteiger charge is -2.35. The standard InChI is InChI=1S/C22H28N6O2/c1-15-16(2)23-14-24-22(15)27-9-7-26(8-10-27)13-21-25-19-4-3-17(11-20(19)30-21)28-6-5-18(29)12-28/h3-4,11,14,18,29H,5-10,12-13H2,1-2H3/t18-/m0/s1. The van der Waals surface area contributed by atoms with E-state index in [9.17, 15) is 5.11 Å².